The Bertz CT molecular complexity index is 832. The van der Waals surface area contributed by atoms with Crippen LogP contribution in [0.25, 0.3) is 0 Å². The first kappa shape index (κ1) is 22.1. The topological polar surface area (TPSA) is 72.3 Å². The van der Waals surface area contributed by atoms with Crippen molar-refractivity contribution in [2.45, 2.75) is 56.0 Å². The minimum atomic E-state index is -0.222. The second-order valence-corrected chi connectivity index (χ2v) is 9.77. The Hall–Kier alpha value is -2.06. The van der Waals surface area contributed by atoms with Gasteiger partial charge in [-0.1, -0.05) is 61.4 Å². The summed E-state index contributed by atoms with van der Waals surface area (Å²) in [6, 6.07) is 10.3. The zero-order valence-electron chi connectivity index (χ0n) is 18.3. The third-order valence-corrected chi connectivity index (χ3v) is 7.20. The Balaban J connectivity index is 1.44. The van der Waals surface area contributed by atoms with E-state index in [1.54, 1.807) is 0 Å². The number of nitrogens with zero attached hydrogens (tertiary/aromatic N) is 4. The van der Waals surface area contributed by atoms with Crippen molar-refractivity contribution in [2.75, 3.05) is 37.7 Å². The first-order valence-corrected chi connectivity index (χ1v) is 12.3. The van der Waals surface area contributed by atoms with Gasteiger partial charge in [0.1, 0.15) is 0 Å². The molecule has 1 aliphatic carbocycles. The first-order chi connectivity index (χ1) is 15.2. The Labute approximate surface area is 188 Å². The molecule has 0 spiro atoms. The van der Waals surface area contributed by atoms with E-state index in [4.69, 9.17) is 4.74 Å². The number of rotatable bonds is 8. The van der Waals surface area contributed by atoms with Gasteiger partial charge in [-0.25, -0.2) is 0 Å². The molecule has 168 valence electrons. The molecule has 1 saturated heterocycles. The van der Waals surface area contributed by atoms with E-state index in [0.29, 0.717) is 25.7 Å². The second-order valence-electron chi connectivity index (χ2n) is 8.46. The van der Waals surface area contributed by atoms with Gasteiger partial charge in [0.15, 0.2) is 5.16 Å². The number of aromatic nitrogens is 3. The fourth-order valence-corrected chi connectivity index (χ4v) is 5.13. The monoisotopic (exact) mass is 443 g/mol. The molecular formula is C23H33N5O2S. The van der Waals surface area contributed by atoms with Gasteiger partial charge in [-0.15, -0.1) is 10.2 Å². The third-order valence-electron chi connectivity index (χ3n) is 6.12. The molecule has 2 aliphatic rings. The van der Waals surface area contributed by atoms with Gasteiger partial charge in [0, 0.05) is 19.6 Å². The van der Waals surface area contributed by atoms with Crippen LogP contribution in [0.15, 0.2) is 35.5 Å². The van der Waals surface area contributed by atoms with Gasteiger partial charge in [0.05, 0.1) is 25.0 Å². The van der Waals surface area contributed by atoms with Crippen molar-refractivity contribution in [3.8, 4) is 0 Å². The summed E-state index contributed by atoms with van der Waals surface area (Å²) < 4.78 is 7.64. The summed E-state index contributed by atoms with van der Waals surface area (Å²) in [7, 11) is 0. The molecule has 2 heterocycles. The largest absolute Gasteiger partial charge is 0.378 e. The average Bonchev–Trinajstić information content (AvgIpc) is 3.21. The lowest BCUT2D eigenvalue weighted by Gasteiger charge is -2.28. The Morgan fingerprint density at radius 1 is 1.16 bits per heavy atom. The normalized spacial score (nSPS) is 18.7. The van der Waals surface area contributed by atoms with Crippen LogP contribution in [0.3, 0.4) is 0 Å². The van der Waals surface area contributed by atoms with Crippen molar-refractivity contribution in [1.29, 1.82) is 0 Å². The molecular weight excluding hydrogens is 410 g/mol. The minimum Gasteiger partial charge on any atom is -0.378 e. The Morgan fingerprint density at radius 3 is 2.65 bits per heavy atom. The Kier molecular flexibility index (Phi) is 7.86. The Morgan fingerprint density at radius 2 is 1.90 bits per heavy atom. The molecule has 1 aromatic heterocycles. The molecule has 2 fully saturated rings. The molecule has 2 aromatic rings. The van der Waals surface area contributed by atoms with Crippen molar-refractivity contribution in [1.82, 2.24) is 20.1 Å². The number of hydrogen-bond donors (Lipinski definition) is 1. The van der Waals surface area contributed by atoms with Crippen molar-refractivity contribution in [3.63, 3.8) is 0 Å². The first-order valence-electron chi connectivity index (χ1n) is 11.4. The molecule has 31 heavy (non-hydrogen) atoms. The highest BCUT2D eigenvalue weighted by Crippen LogP contribution is 2.28. The van der Waals surface area contributed by atoms with Crippen LogP contribution in [0.5, 0.6) is 0 Å². The number of benzene rings is 1. The highest BCUT2D eigenvalue weighted by molar-refractivity contribution is 8.00. The van der Waals surface area contributed by atoms with Crippen molar-refractivity contribution < 1.29 is 9.53 Å². The maximum absolute atomic E-state index is 12.8. The number of amides is 1. The van der Waals surface area contributed by atoms with E-state index in [9.17, 15) is 4.79 Å². The van der Waals surface area contributed by atoms with Crippen LogP contribution in [0, 0.1) is 5.92 Å². The summed E-state index contributed by atoms with van der Waals surface area (Å²) in [5.41, 5.74) is 1.19. The highest BCUT2D eigenvalue weighted by atomic mass is 32.2. The predicted octanol–water partition coefficient (Wildman–Crippen LogP) is 3.34. The van der Waals surface area contributed by atoms with Crippen LogP contribution in [0.2, 0.25) is 0 Å². The summed E-state index contributed by atoms with van der Waals surface area (Å²) in [6.45, 7) is 6.42. The van der Waals surface area contributed by atoms with Gasteiger partial charge < -0.3 is 15.0 Å². The van der Waals surface area contributed by atoms with Crippen LogP contribution in [0.4, 0.5) is 5.95 Å². The lowest BCUT2D eigenvalue weighted by Crippen LogP contribution is -2.38. The van der Waals surface area contributed by atoms with Gasteiger partial charge in [0.2, 0.25) is 11.9 Å². The number of anilines is 1. The summed E-state index contributed by atoms with van der Waals surface area (Å²) in [5, 5.41) is 12.7. The number of hydrogen-bond acceptors (Lipinski definition) is 6. The molecule has 4 rings (SSSR count). The van der Waals surface area contributed by atoms with E-state index in [2.05, 4.69) is 37.1 Å². The van der Waals surface area contributed by atoms with E-state index in [1.165, 1.54) is 49.4 Å². The molecule has 1 N–H and O–H groups in total. The summed E-state index contributed by atoms with van der Waals surface area (Å²) in [4.78, 5) is 15.0. The molecule has 1 amide bonds. The maximum atomic E-state index is 12.8. The third kappa shape index (κ3) is 6.01. The van der Waals surface area contributed by atoms with Gasteiger partial charge in [-0.3, -0.25) is 9.36 Å². The molecule has 1 atom stereocenters. The number of morpholine rings is 1. The number of thioether (sulfide) groups is 1. The van der Waals surface area contributed by atoms with Crippen molar-refractivity contribution in [2.24, 2.45) is 5.92 Å². The summed E-state index contributed by atoms with van der Waals surface area (Å²) in [5.74, 6) is 1.56. The average molecular weight is 444 g/mol. The number of carbonyl (C=O) groups is 1. The number of nitrogens with one attached hydrogen (secondary N) is 1. The van der Waals surface area contributed by atoms with E-state index in [0.717, 1.165) is 30.7 Å². The minimum absolute atomic E-state index is 0.0813. The van der Waals surface area contributed by atoms with Crippen molar-refractivity contribution in [3.05, 3.63) is 35.9 Å². The molecule has 0 radical (unpaired) electrons. The molecule has 0 bridgehead atoms. The molecule has 7 nitrogen and oxygen atoms in total. The lowest BCUT2D eigenvalue weighted by atomic mass is 9.89. The van der Waals surface area contributed by atoms with Crippen LogP contribution in [0.1, 0.15) is 44.6 Å². The molecule has 1 saturated carbocycles. The summed E-state index contributed by atoms with van der Waals surface area (Å²) in [6.07, 6.45) is 6.38. The highest BCUT2D eigenvalue weighted by Gasteiger charge is 2.24. The van der Waals surface area contributed by atoms with Gasteiger partial charge >= 0.3 is 0 Å². The second kappa shape index (κ2) is 11.0. The van der Waals surface area contributed by atoms with E-state index in [-0.39, 0.29) is 11.2 Å². The van der Waals surface area contributed by atoms with Gasteiger partial charge in [-0.05, 0) is 31.2 Å². The maximum Gasteiger partial charge on any atom is 0.233 e. The molecule has 1 unspecified atom stereocenters. The van der Waals surface area contributed by atoms with Gasteiger partial charge in [-0.2, -0.15) is 0 Å². The van der Waals surface area contributed by atoms with Crippen LogP contribution in [-0.4, -0.2) is 58.8 Å². The smallest absolute Gasteiger partial charge is 0.233 e. The van der Waals surface area contributed by atoms with Gasteiger partial charge in [0.25, 0.3) is 0 Å². The quantitative estimate of drug-likeness (QED) is 0.631. The SMILES string of the molecule is CC(Sc1nnc(N2CCOCC2)n1Cc1ccccc1)C(=O)NCC1CCCCC1. The van der Waals surface area contributed by atoms with E-state index >= 15 is 0 Å². The zero-order chi connectivity index (χ0) is 21.5. The van der Waals surface area contributed by atoms with E-state index < -0.39 is 0 Å². The fourth-order valence-electron chi connectivity index (χ4n) is 4.26. The fraction of sp³-hybridized carbons (Fsp3) is 0.609. The van der Waals surface area contributed by atoms with E-state index in [1.807, 2.05) is 25.1 Å². The summed E-state index contributed by atoms with van der Waals surface area (Å²) >= 11 is 1.49. The lowest BCUT2D eigenvalue weighted by molar-refractivity contribution is -0.120. The van der Waals surface area contributed by atoms with Crippen LogP contribution >= 0.6 is 11.8 Å². The zero-order valence-corrected chi connectivity index (χ0v) is 19.1. The number of carbonyl (C=O) groups excluding carboxylic acids is 1. The predicted molar refractivity (Wildman–Crippen MR) is 124 cm³/mol. The number of ether oxygens (including phenoxy) is 1. The van der Waals surface area contributed by atoms with Crippen LogP contribution in [-0.2, 0) is 16.1 Å². The molecule has 1 aromatic carbocycles. The molecule has 8 heteroatoms. The molecule has 1 aliphatic heterocycles. The van der Waals surface area contributed by atoms with Crippen molar-refractivity contribution >= 4 is 23.6 Å². The van der Waals surface area contributed by atoms with Crippen LogP contribution < -0.4 is 10.2 Å². The standard InChI is InChI=1S/C23H33N5O2S/c1-18(21(29)24-16-19-8-4-2-5-9-19)31-23-26-25-22(27-12-14-30-15-13-27)28(23)17-20-10-6-3-7-11-20/h3,6-7,10-11,18-19H,2,4-5,8-9,12-17H2,1H3,(H,24,29).